The van der Waals surface area contributed by atoms with Crippen molar-refractivity contribution in [2.45, 2.75) is 12.2 Å². The molecular weight excluding hydrogens is 242 g/mol. The third-order valence-corrected chi connectivity index (χ3v) is 4.06. The fourth-order valence-electron chi connectivity index (χ4n) is 1.17. The highest BCUT2D eigenvalue weighted by Crippen LogP contribution is 2.17. The number of amides is 1. The fraction of sp³-hybridized carbons (Fsp3) is 0.300. The van der Waals surface area contributed by atoms with Crippen molar-refractivity contribution in [2.75, 3.05) is 11.3 Å². The molecule has 0 fully saturated rings. The summed E-state index contributed by atoms with van der Waals surface area (Å²) in [5.41, 5.74) is 10.7. The Kier molecular flexibility index (Phi) is 4.08. The van der Waals surface area contributed by atoms with Crippen LogP contribution >= 0.6 is 0 Å². The summed E-state index contributed by atoms with van der Waals surface area (Å²) in [5.74, 6) is -0.691. The first kappa shape index (κ1) is 13.5. The van der Waals surface area contributed by atoms with E-state index in [0.29, 0.717) is 0 Å². The van der Waals surface area contributed by atoms with Crippen LogP contribution in [0.5, 0.6) is 0 Å². The van der Waals surface area contributed by atoms with Gasteiger partial charge >= 0.3 is 0 Å². The third-order valence-electron chi connectivity index (χ3n) is 2.31. The van der Waals surface area contributed by atoms with Crippen molar-refractivity contribution in [3.05, 3.63) is 29.8 Å². The van der Waals surface area contributed by atoms with E-state index < -0.39 is 21.2 Å². The van der Waals surface area contributed by atoms with Crippen LogP contribution in [-0.2, 0) is 10.0 Å². The first-order valence-corrected chi connectivity index (χ1v) is 6.53. The van der Waals surface area contributed by atoms with Gasteiger partial charge in [-0.1, -0.05) is 12.1 Å². The first-order chi connectivity index (χ1) is 7.88. The lowest BCUT2D eigenvalue weighted by Crippen LogP contribution is -2.32. The van der Waals surface area contributed by atoms with E-state index in [1.165, 1.54) is 19.1 Å². The summed E-state index contributed by atoms with van der Waals surface area (Å²) in [7, 11) is -3.60. The molecule has 17 heavy (non-hydrogen) atoms. The van der Waals surface area contributed by atoms with Gasteiger partial charge in [0.05, 0.1) is 16.5 Å². The molecule has 0 heterocycles. The van der Waals surface area contributed by atoms with Crippen molar-refractivity contribution in [1.29, 1.82) is 0 Å². The molecule has 0 spiro atoms. The van der Waals surface area contributed by atoms with Crippen molar-refractivity contribution in [2.24, 2.45) is 11.5 Å². The third kappa shape index (κ3) is 3.18. The molecule has 1 amide bonds. The van der Waals surface area contributed by atoms with E-state index in [1.54, 1.807) is 12.1 Å². The first-order valence-electron chi connectivity index (χ1n) is 4.99. The van der Waals surface area contributed by atoms with E-state index in [9.17, 15) is 13.2 Å². The average Bonchev–Trinajstić information content (AvgIpc) is 2.27. The fourth-order valence-corrected chi connectivity index (χ4v) is 2.11. The SMILES string of the molecule is CC(CN)S(=O)(=O)Nc1ccccc1C(N)=O. The second-order valence-corrected chi connectivity index (χ2v) is 5.70. The lowest BCUT2D eigenvalue weighted by Gasteiger charge is -2.14. The van der Waals surface area contributed by atoms with Gasteiger partial charge in [-0.15, -0.1) is 0 Å². The molecule has 0 aromatic heterocycles. The molecule has 0 saturated carbocycles. The number of anilines is 1. The Morgan fingerprint density at radius 3 is 2.53 bits per heavy atom. The molecule has 0 bridgehead atoms. The summed E-state index contributed by atoms with van der Waals surface area (Å²) in [5, 5.41) is -0.747. The molecule has 1 aromatic rings. The van der Waals surface area contributed by atoms with Crippen LogP contribution in [0.15, 0.2) is 24.3 Å². The highest BCUT2D eigenvalue weighted by Gasteiger charge is 2.20. The standard InChI is InChI=1S/C10H15N3O3S/c1-7(6-11)17(15,16)13-9-5-3-2-4-8(9)10(12)14/h2-5,7,13H,6,11H2,1H3,(H2,12,14). The second-order valence-electron chi connectivity index (χ2n) is 3.60. The van der Waals surface area contributed by atoms with Crippen LogP contribution in [0.25, 0.3) is 0 Å². The summed E-state index contributed by atoms with van der Waals surface area (Å²) in [6.07, 6.45) is 0. The number of carbonyl (C=O) groups is 1. The maximum absolute atomic E-state index is 11.8. The van der Waals surface area contributed by atoms with Gasteiger partial charge in [0.2, 0.25) is 10.0 Å². The lowest BCUT2D eigenvalue weighted by molar-refractivity contribution is 0.100. The Balaban J connectivity index is 3.08. The predicted octanol–water partition coefficient (Wildman–Crippen LogP) is -0.126. The Bertz CT molecular complexity index is 513. The summed E-state index contributed by atoms with van der Waals surface area (Å²) in [4.78, 5) is 11.1. The average molecular weight is 257 g/mol. The Labute approximate surface area is 100 Å². The number of benzene rings is 1. The zero-order chi connectivity index (χ0) is 13.1. The molecule has 94 valence electrons. The Morgan fingerprint density at radius 1 is 1.41 bits per heavy atom. The monoisotopic (exact) mass is 257 g/mol. The largest absolute Gasteiger partial charge is 0.366 e. The number of rotatable bonds is 5. The molecule has 1 aromatic carbocycles. The molecule has 0 radical (unpaired) electrons. The van der Waals surface area contributed by atoms with E-state index in [2.05, 4.69) is 4.72 Å². The van der Waals surface area contributed by atoms with Crippen LogP contribution in [0.2, 0.25) is 0 Å². The topological polar surface area (TPSA) is 115 Å². The van der Waals surface area contributed by atoms with Gasteiger partial charge in [-0.05, 0) is 19.1 Å². The highest BCUT2D eigenvalue weighted by molar-refractivity contribution is 7.93. The normalized spacial score (nSPS) is 13.1. The molecular formula is C10H15N3O3S. The molecule has 1 atom stereocenters. The van der Waals surface area contributed by atoms with Crippen LogP contribution < -0.4 is 16.2 Å². The van der Waals surface area contributed by atoms with E-state index in [-0.39, 0.29) is 17.8 Å². The molecule has 5 N–H and O–H groups in total. The smallest absolute Gasteiger partial charge is 0.250 e. The zero-order valence-corrected chi connectivity index (χ0v) is 10.2. The van der Waals surface area contributed by atoms with E-state index in [0.717, 1.165) is 0 Å². The van der Waals surface area contributed by atoms with Gasteiger partial charge in [-0.25, -0.2) is 8.42 Å². The molecule has 0 aliphatic rings. The quantitative estimate of drug-likeness (QED) is 0.681. The van der Waals surface area contributed by atoms with Crippen LogP contribution in [0.4, 0.5) is 5.69 Å². The maximum atomic E-state index is 11.8. The minimum absolute atomic E-state index is 0.00588. The lowest BCUT2D eigenvalue weighted by atomic mass is 10.2. The molecule has 1 rings (SSSR count). The highest BCUT2D eigenvalue weighted by atomic mass is 32.2. The summed E-state index contributed by atoms with van der Waals surface area (Å²) in [6, 6.07) is 6.13. The number of carbonyl (C=O) groups excluding carboxylic acids is 1. The maximum Gasteiger partial charge on any atom is 0.250 e. The molecule has 0 aliphatic heterocycles. The van der Waals surface area contributed by atoms with Crippen LogP contribution in [0, 0.1) is 0 Å². The van der Waals surface area contributed by atoms with Crippen molar-refractivity contribution in [3.8, 4) is 0 Å². The van der Waals surface area contributed by atoms with Gasteiger partial charge in [0.25, 0.3) is 5.91 Å². The van der Waals surface area contributed by atoms with Crippen molar-refractivity contribution in [3.63, 3.8) is 0 Å². The summed E-state index contributed by atoms with van der Waals surface area (Å²) >= 11 is 0. The van der Waals surface area contributed by atoms with Gasteiger partial charge in [-0.3, -0.25) is 9.52 Å². The van der Waals surface area contributed by atoms with E-state index in [1.807, 2.05) is 0 Å². The number of hydrogen-bond acceptors (Lipinski definition) is 4. The predicted molar refractivity (Wildman–Crippen MR) is 66.0 cm³/mol. The molecule has 7 heteroatoms. The second kappa shape index (κ2) is 5.15. The van der Waals surface area contributed by atoms with Crippen molar-refractivity contribution >= 4 is 21.6 Å². The Morgan fingerprint density at radius 2 is 2.00 bits per heavy atom. The van der Waals surface area contributed by atoms with Crippen molar-refractivity contribution < 1.29 is 13.2 Å². The van der Waals surface area contributed by atoms with Gasteiger partial charge in [0, 0.05) is 6.54 Å². The van der Waals surface area contributed by atoms with Crippen LogP contribution in [0.3, 0.4) is 0 Å². The number of hydrogen-bond donors (Lipinski definition) is 3. The summed E-state index contributed by atoms with van der Waals surface area (Å²) in [6.45, 7) is 1.48. The minimum atomic E-state index is -3.60. The number of sulfonamides is 1. The van der Waals surface area contributed by atoms with Gasteiger partial charge < -0.3 is 11.5 Å². The van der Waals surface area contributed by atoms with Gasteiger partial charge in [0.15, 0.2) is 0 Å². The zero-order valence-electron chi connectivity index (χ0n) is 9.38. The molecule has 6 nitrogen and oxygen atoms in total. The van der Waals surface area contributed by atoms with Gasteiger partial charge in [0.1, 0.15) is 0 Å². The number of primary amides is 1. The van der Waals surface area contributed by atoms with Crippen LogP contribution in [-0.4, -0.2) is 26.1 Å². The van der Waals surface area contributed by atoms with Crippen molar-refractivity contribution in [1.82, 2.24) is 0 Å². The number of para-hydroxylation sites is 1. The van der Waals surface area contributed by atoms with Gasteiger partial charge in [-0.2, -0.15) is 0 Å². The molecule has 0 saturated heterocycles. The Hall–Kier alpha value is -1.60. The molecule has 1 unspecified atom stereocenters. The number of nitrogens with two attached hydrogens (primary N) is 2. The van der Waals surface area contributed by atoms with E-state index >= 15 is 0 Å². The summed E-state index contributed by atoms with van der Waals surface area (Å²) < 4.78 is 25.8. The molecule has 0 aliphatic carbocycles. The van der Waals surface area contributed by atoms with Crippen LogP contribution in [0.1, 0.15) is 17.3 Å². The number of nitrogens with one attached hydrogen (secondary N) is 1. The minimum Gasteiger partial charge on any atom is -0.366 e. The van der Waals surface area contributed by atoms with E-state index in [4.69, 9.17) is 11.5 Å².